The normalized spacial score (nSPS) is 11.6. The van der Waals surface area contributed by atoms with E-state index in [9.17, 15) is 4.79 Å². The third-order valence-electron chi connectivity index (χ3n) is 2.61. The van der Waals surface area contributed by atoms with Crippen molar-refractivity contribution in [2.45, 2.75) is 47.3 Å². The van der Waals surface area contributed by atoms with Crippen LogP contribution in [0.15, 0.2) is 12.3 Å². The second-order valence-electron chi connectivity index (χ2n) is 7.09. The zero-order valence-electron chi connectivity index (χ0n) is 13.5. The molecule has 1 aromatic heterocycles. The lowest BCUT2D eigenvalue weighted by atomic mass is 9.96. The lowest BCUT2D eigenvalue weighted by Gasteiger charge is -2.17. The summed E-state index contributed by atoms with van der Waals surface area (Å²) in [4.78, 5) is 16.2. The molecule has 0 aliphatic heterocycles. The minimum absolute atomic E-state index is 0.0367. The monoisotopic (exact) mass is 288 g/mol. The van der Waals surface area contributed by atoms with Crippen LogP contribution in [0, 0.1) is 23.8 Å². The summed E-state index contributed by atoms with van der Waals surface area (Å²) in [5.41, 5.74) is 4.87. The standard InChI is InChI=1S/C16H24N2OSi/c1-12-10-14(18-15(19)16(2,3)4)17-11-13(12)8-9-20(5,6)7/h10-11H,1-7H3,(H,17,18,19). The van der Waals surface area contributed by atoms with Gasteiger partial charge in [0.25, 0.3) is 0 Å². The highest BCUT2D eigenvalue weighted by atomic mass is 28.3. The molecule has 0 aromatic carbocycles. The van der Waals surface area contributed by atoms with Crippen LogP contribution in [0.25, 0.3) is 0 Å². The topological polar surface area (TPSA) is 42.0 Å². The number of carbonyl (C=O) groups is 1. The summed E-state index contributed by atoms with van der Waals surface area (Å²) in [6.45, 7) is 14.2. The highest BCUT2D eigenvalue weighted by molar-refractivity contribution is 6.83. The van der Waals surface area contributed by atoms with Crippen LogP contribution in [-0.2, 0) is 4.79 Å². The van der Waals surface area contributed by atoms with Gasteiger partial charge in [-0.2, -0.15) is 0 Å². The smallest absolute Gasteiger partial charge is 0.230 e. The van der Waals surface area contributed by atoms with Crippen molar-refractivity contribution in [1.29, 1.82) is 0 Å². The maximum absolute atomic E-state index is 11.9. The van der Waals surface area contributed by atoms with Crippen molar-refractivity contribution in [3.63, 3.8) is 0 Å². The number of pyridine rings is 1. The maximum Gasteiger partial charge on any atom is 0.230 e. The van der Waals surface area contributed by atoms with Gasteiger partial charge < -0.3 is 5.32 Å². The Bertz CT molecular complexity index is 569. The predicted octanol–water partition coefficient (Wildman–Crippen LogP) is 3.60. The number of anilines is 1. The van der Waals surface area contributed by atoms with Gasteiger partial charge in [0.15, 0.2) is 0 Å². The van der Waals surface area contributed by atoms with Gasteiger partial charge in [0.1, 0.15) is 13.9 Å². The first-order valence-corrected chi connectivity index (χ1v) is 10.3. The Hall–Kier alpha value is -1.60. The second-order valence-corrected chi connectivity index (χ2v) is 11.8. The maximum atomic E-state index is 11.9. The Morgan fingerprint density at radius 3 is 2.35 bits per heavy atom. The summed E-state index contributed by atoms with van der Waals surface area (Å²) in [6, 6.07) is 1.87. The molecule has 3 nitrogen and oxygen atoms in total. The summed E-state index contributed by atoms with van der Waals surface area (Å²) >= 11 is 0. The molecule has 0 saturated carbocycles. The van der Waals surface area contributed by atoms with Gasteiger partial charge in [-0.05, 0) is 18.6 Å². The molecule has 4 heteroatoms. The molecule has 1 aromatic rings. The van der Waals surface area contributed by atoms with E-state index >= 15 is 0 Å². The fourth-order valence-corrected chi connectivity index (χ4v) is 1.82. The van der Waals surface area contributed by atoms with E-state index in [0.29, 0.717) is 5.82 Å². The number of carbonyl (C=O) groups excluding carboxylic acids is 1. The zero-order chi connectivity index (χ0) is 15.6. The third-order valence-corrected chi connectivity index (χ3v) is 3.48. The van der Waals surface area contributed by atoms with Gasteiger partial charge in [-0.25, -0.2) is 4.98 Å². The number of nitrogens with one attached hydrogen (secondary N) is 1. The minimum Gasteiger partial charge on any atom is -0.310 e. The molecule has 1 N–H and O–H groups in total. The molecule has 0 aliphatic rings. The van der Waals surface area contributed by atoms with Crippen LogP contribution in [0.3, 0.4) is 0 Å². The first-order valence-electron chi connectivity index (χ1n) is 6.80. The molecule has 0 atom stereocenters. The van der Waals surface area contributed by atoms with Crippen molar-refractivity contribution >= 4 is 19.8 Å². The number of amides is 1. The van der Waals surface area contributed by atoms with Crippen molar-refractivity contribution in [1.82, 2.24) is 4.98 Å². The Labute approximate surface area is 123 Å². The first-order chi connectivity index (χ1) is 8.99. The Kier molecular flexibility index (Phi) is 4.77. The van der Waals surface area contributed by atoms with Gasteiger partial charge in [0, 0.05) is 17.2 Å². The zero-order valence-corrected chi connectivity index (χ0v) is 14.5. The van der Waals surface area contributed by atoms with Gasteiger partial charge in [0.2, 0.25) is 5.91 Å². The quantitative estimate of drug-likeness (QED) is 0.633. The molecule has 0 radical (unpaired) electrons. The summed E-state index contributed by atoms with van der Waals surface area (Å²) < 4.78 is 0. The molecule has 20 heavy (non-hydrogen) atoms. The number of rotatable bonds is 1. The van der Waals surface area contributed by atoms with E-state index in [4.69, 9.17) is 0 Å². The lowest BCUT2D eigenvalue weighted by molar-refractivity contribution is -0.123. The molecule has 0 unspecified atom stereocenters. The summed E-state index contributed by atoms with van der Waals surface area (Å²) in [7, 11) is -1.39. The van der Waals surface area contributed by atoms with Gasteiger partial charge in [-0.1, -0.05) is 46.3 Å². The van der Waals surface area contributed by atoms with E-state index in [0.717, 1.165) is 11.1 Å². The van der Waals surface area contributed by atoms with Crippen molar-refractivity contribution < 1.29 is 4.79 Å². The van der Waals surface area contributed by atoms with E-state index in [-0.39, 0.29) is 5.91 Å². The SMILES string of the molecule is Cc1cc(NC(=O)C(C)(C)C)ncc1C#C[Si](C)(C)C. The highest BCUT2D eigenvalue weighted by Gasteiger charge is 2.21. The van der Waals surface area contributed by atoms with Crippen molar-refractivity contribution in [2.24, 2.45) is 5.41 Å². The number of aryl methyl sites for hydroxylation is 1. The summed E-state index contributed by atoms with van der Waals surface area (Å²) in [5, 5.41) is 2.83. The van der Waals surface area contributed by atoms with Crippen molar-refractivity contribution in [3.8, 4) is 11.5 Å². The average molecular weight is 288 g/mol. The average Bonchev–Trinajstić information content (AvgIpc) is 2.25. The predicted molar refractivity (Wildman–Crippen MR) is 87.3 cm³/mol. The molecule has 0 fully saturated rings. The van der Waals surface area contributed by atoms with Gasteiger partial charge in [0.05, 0.1) is 0 Å². The van der Waals surface area contributed by atoms with E-state index < -0.39 is 13.5 Å². The van der Waals surface area contributed by atoms with Crippen molar-refractivity contribution in [2.75, 3.05) is 5.32 Å². The molecule has 0 aliphatic carbocycles. The third kappa shape index (κ3) is 5.18. The van der Waals surface area contributed by atoms with Crippen molar-refractivity contribution in [3.05, 3.63) is 23.4 Å². The van der Waals surface area contributed by atoms with E-state index in [1.165, 1.54) is 0 Å². The number of nitrogens with zero attached hydrogens (tertiary/aromatic N) is 1. The van der Waals surface area contributed by atoms with Gasteiger partial charge in [-0.3, -0.25) is 4.79 Å². The molecular formula is C16H24N2OSi. The highest BCUT2D eigenvalue weighted by Crippen LogP contribution is 2.17. The van der Waals surface area contributed by atoms with Gasteiger partial charge >= 0.3 is 0 Å². The van der Waals surface area contributed by atoms with E-state index in [2.05, 4.69) is 41.4 Å². The fourth-order valence-electron chi connectivity index (χ4n) is 1.31. The molecule has 0 spiro atoms. The molecule has 108 valence electrons. The molecule has 1 rings (SSSR count). The van der Waals surface area contributed by atoms with Crippen LogP contribution >= 0.6 is 0 Å². The van der Waals surface area contributed by atoms with Crippen LogP contribution in [0.4, 0.5) is 5.82 Å². The summed E-state index contributed by atoms with van der Waals surface area (Å²) in [5.74, 6) is 3.75. The number of hydrogen-bond donors (Lipinski definition) is 1. The van der Waals surface area contributed by atoms with Crippen LogP contribution < -0.4 is 5.32 Å². The number of hydrogen-bond acceptors (Lipinski definition) is 2. The van der Waals surface area contributed by atoms with E-state index in [1.807, 2.05) is 33.8 Å². The molecule has 1 heterocycles. The van der Waals surface area contributed by atoms with Gasteiger partial charge in [-0.15, -0.1) is 5.54 Å². The molecule has 0 saturated heterocycles. The fraction of sp³-hybridized carbons (Fsp3) is 0.500. The Balaban J connectivity index is 2.94. The second kappa shape index (κ2) is 5.80. The number of aromatic nitrogens is 1. The van der Waals surface area contributed by atoms with Crippen LogP contribution in [0.5, 0.6) is 0 Å². The van der Waals surface area contributed by atoms with Crippen LogP contribution in [0.2, 0.25) is 19.6 Å². The molecule has 1 amide bonds. The minimum atomic E-state index is -1.39. The van der Waals surface area contributed by atoms with E-state index in [1.54, 1.807) is 6.20 Å². The lowest BCUT2D eigenvalue weighted by Crippen LogP contribution is -2.28. The van der Waals surface area contributed by atoms with Crippen LogP contribution in [0.1, 0.15) is 31.9 Å². The summed E-state index contributed by atoms with van der Waals surface area (Å²) in [6.07, 6.45) is 1.74. The molecular weight excluding hydrogens is 264 g/mol. The Morgan fingerprint density at radius 1 is 1.30 bits per heavy atom. The van der Waals surface area contributed by atoms with Crippen LogP contribution in [-0.4, -0.2) is 19.0 Å². The largest absolute Gasteiger partial charge is 0.310 e. The Morgan fingerprint density at radius 2 is 1.90 bits per heavy atom. The molecule has 0 bridgehead atoms. The first kappa shape index (κ1) is 16.5.